The lowest BCUT2D eigenvalue weighted by atomic mass is 9.95. The number of alkyl halides is 2. The van der Waals surface area contributed by atoms with Crippen LogP contribution < -0.4 is 4.90 Å². The molecule has 7 rings (SSSR count). The molecule has 1 amide bonds. The number of benzene rings is 1. The van der Waals surface area contributed by atoms with Gasteiger partial charge in [-0.05, 0) is 64.2 Å². The number of aryl methyl sites for hydroxylation is 4. The van der Waals surface area contributed by atoms with Crippen molar-refractivity contribution in [2.75, 3.05) is 4.90 Å². The molecule has 4 aromatic heterocycles. The van der Waals surface area contributed by atoms with Crippen LogP contribution in [-0.4, -0.2) is 35.4 Å². The molecule has 5 heterocycles. The summed E-state index contributed by atoms with van der Waals surface area (Å²) in [6, 6.07) is 5.92. The van der Waals surface area contributed by atoms with E-state index in [1.807, 2.05) is 20.8 Å². The van der Waals surface area contributed by atoms with E-state index in [1.54, 1.807) is 16.2 Å². The second kappa shape index (κ2) is 9.86. The molecule has 0 N–H and O–H groups in total. The largest absolute Gasteiger partial charge is 0.361 e. The van der Waals surface area contributed by atoms with Gasteiger partial charge in [0.05, 0.1) is 51.6 Å². The van der Waals surface area contributed by atoms with E-state index in [-0.39, 0.29) is 11.9 Å². The molecule has 212 valence electrons. The molecule has 2 aliphatic rings. The van der Waals surface area contributed by atoms with Crippen molar-refractivity contribution in [3.63, 3.8) is 0 Å². The van der Waals surface area contributed by atoms with Crippen molar-refractivity contribution < 1.29 is 18.1 Å². The highest BCUT2D eigenvalue weighted by Crippen LogP contribution is 2.42. The van der Waals surface area contributed by atoms with Crippen LogP contribution in [0.15, 0.2) is 35.1 Å². The lowest BCUT2D eigenvalue weighted by Crippen LogP contribution is -2.40. The predicted molar refractivity (Wildman–Crippen MR) is 150 cm³/mol. The third-order valence-electron chi connectivity index (χ3n) is 8.24. The Balaban J connectivity index is 1.39. The molecule has 1 fully saturated rings. The summed E-state index contributed by atoms with van der Waals surface area (Å²) in [5.74, 6) is 1.39. The number of halogens is 2. The molecule has 1 aliphatic heterocycles. The van der Waals surface area contributed by atoms with Gasteiger partial charge in [-0.15, -0.1) is 11.3 Å². The number of thiazole rings is 1. The van der Waals surface area contributed by atoms with Crippen molar-refractivity contribution in [3.05, 3.63) is 63.5 Å². The van der Waals surface area contributed by atoms with E-state index in [9.17, 15) is 13.6 Å². The SMILES string of the molecule is Cc1nc2c(s1)C[C@H](n1c([C@@H]3CCCC(=O)N3c3cnn(C(F)F)c3)nc3cc(-c4c(C)noc4C)ccc31)CC2. The molecule has 9 nitrogen and oxygen atoms in total. The second-order valence-electron chi connectivity index (χ2n) is 10.9. The number of carbonyl (C=O) groups excluding carboxylic acids is 1. The Bertz CT molecular complexity index is 1770. The van der Waals surface area contributed by atoms with Crippen LogP contribution in [0.25, 0.3) is 22.2 Å². The number of rotatable bonds is 5. The van der Waals surface area contributed by atoms with Crippen LogP contribution in [0, 0.1) is 20.8 Å². The topological polar surface area (TPSA) is 94.9 Å². The predicted octanol–water partition coefficient (Wildman–Crippen LogP) is 6.65. The maximum Gasteiger partial charge on any atom is 0.333 e. The van der Waals surface area contributed by atoms with E-state index in [1.165, 1.54) is 23.0 Å². The summed E-state index contributed by atoms with van der Waals surface area (Å²) in [6.45, 7) is 3.07. The number of imidazole rings is 1. The summed E-state index contributed by atoms with van der Waals surface area (Å²) < 4.78 is 35.1. The van der Waals surface area contributed by atoms with Gasteiger partial charge in [0, 0.05) is 29.3 Å². The van der Waals surface area contributed by atoms with E-state index in [0.717, 1.165) is 63.7 Å². The zero-order chi connectivity index (χ0) is 28.4. The van der Waals surface area contributed by atoms with Crippen molar-refractivity contribution in [1.82, 2.24) is 29.5 Å². The number of aromatic nitrogens is 6. The molecule has 1 aliphatic carbocycles. The fraction of sp³-hybridized carbons (Fsp3) is 0.414. The fourth-order valence-electron chi connectivity index (χ4n) is 6.49. The van der Waals surface area contributed by atoms with Gasteiger partial charge in [-0.3, -0.25) is 9.69 Å². The van der Waals surface area contributed by atoms with Gasteiger partial charge in [-0.1, -0.05) is 11.2 Å². The monoisotopic (exact) mass is 577 g/mol. The number of piperidine rings is 1. The number of fused-ring (bicyclic) bond motifs is 2. The first-order valence-electron chi connectivity index (χ1n) is 13.8. The summed E-state index contributed by atoms with van der Waals surface area (Å²) in [4.78, 5) is 26.2. The van der Waals surface area contributed by atoms with Gasteiger partial charge in [0.1, 0.15) is 11.6 Å². The minimum Gasteiger partial charge on any atom is -0.361 e. The molecule has 1 aromatic carbocycles. The van der Waals surface area contributed by atoms with Crippen LogP contribution in [0.5, 0.6) is 0 Å². The smallest absolute Gasteiger partial charge is 0.333 e. The van der Waals surface area contributed by atoms with E-state index >= 15 is 0 Å². The van der Waals surface area contributed by atoms with Crippen molar-refractivity contribution in [2.45, 2.75) is 77.9 Å². The third-order valence-corrected chi connectivity index (χ3v) is 9.27. The number of hydrogen-bond donors (Lipinski definition) is 0. The maximum absolute atomic E-state index is 13.4. The molecule has 1 saturated heterocycles. The first kappa shape index (κ1) is 26.0. The van der Waals surface area contributed by atoms with Crippen molar-refractivity contribution in [1.29, 1.82) is 0 Å². The van der Waals surface area contributed by atoms with Gasteiger partial charge in [0.15, 0.2) is 0 Å². The molecule has 0 unspecified atom stereocenters. The van der Waals surface area contributed by atoms with Gasteiger partial charge in [0.2, 0.25) is 5.91 Å². The number of anilines is 1. The molecule has 0 bridgehead atoms. The Labute approximate surface area is 238 Å². The highest BCUT2D eigenvalue weighted by molar-refractivity contribution is 7.11. The van der Waals surface area contributed by atoms with Gasteiger partial charge < -0.3 is 9.09 Å². The molecular weight excluding hydrogens is 548 g/mol. The van der Waals surface area contributed by atoms with Gasteiger partial charge in [-0.25, -0.2) is 14.6 Å². The van der Waals surface area contributed by atoms with Crippen molar-refractivity contribution in [2.24, 2.45) is 0 Å². The molecule has 0 radical (unpaired) electrons. The zero-order valence-electron chi connectivity index (χ0n) is 23.0. The number of hydrogen-bond acceptors (Lipinski definition) is 7. The average molecular weight is 578 g/mol. The Hall–Kier alpha value is -3.93. The Kier molecular flexibility index (Phi) is 6.25. The number of nitrogens with zero attached hydrogens (tertiary/aromatic N) is 7. The van der Waals surface area contributed by atoms with Gasteiger partial charge >= 0.3 is 6.55 Å². The molecule has 0 saturated carbocycles. The number of amides is 1. The van der Waals surface area contributed by atoms with Crippen molar-refractivity contribution in [3.8, 4) is 11.1 Å². The highest BCUT2D eigenvalue weighted by Gasteiger charge is 2.37. The second-order valence-corrected chi connectivity index (χ2v) is 12.2. The lowest BCUT2D eigenvalue weighted by molar-refractivity contribution is -0.120. The molecule has 41 heavy (non-hydrogen) atoms. The first-order valence-corrected chi connectivity index (χ1v) is 14.6. The molecular formula is C29H29F2N7O2S. The van der Waals surface area contributed by atoms with Crippen LogP contribution in [-0.2, 0) is 17.6 Å². The zero-order valence-corrected chi connectivity index (χ0v) is 23.8. The summed E-state index contributed by atoms with van der Waals surface area (Å²) in [6.07, 6.45) is 6.89. The molecule has 0 spiro atoms. The Morgan fingerprint density at radius 3 is 2.73 bits per heavy atom. The first-order chi connectivity index (χ1) is 19.8. The van der Waals surface area contributed by atoms with E-state index in [2.05, 4.69) is 33.0 Å². The molecule has 2 atom stereocenters. The van der Waals surface area contributed by atoms with Crippen LogP contribution in [0.4, 0.5) is 14.5 Å². The molecule has 5 aromatic rings. The Morgan fingerprint density at radius 2 is 1.98 bits per heavy atom. The third kappa shape index (κ3) is 4.35. The average Bonchev–Trinajstić information content (AvgIpc) is 3.72. The standard InChI is InChI=1S/C29H29F2N7O2S/c1-15-27(16(2)40-35-15)18-7-10-23-22(11-18)34-28(38(23)19-8-9-21-25(12-19)41-17(3)33-21)24-5-4-6-26(39)37(24)20-13-32-36(14-20)29(30)31/h7,10-11,13-14,19,24,29H,4-6,8-9,12H2,1-3H3/t19-,24+/m1/s1. The molecule has 12 heteroatoms. The Morgan fingerprint density at radius 1 is 1.12 bits per heavy atom. The van der Waals surface area contributed by atoms with E-state index in [4.69, 9.17) is 14.5 Å². The fourth-order valence-corrected chi connectivity index (χ4v) is 7.55. The van der Waals surface area contributed by atoms with Gasteiger partial charge in [-0.2, -0.15) is 13.9 Å². The number of carbonyl (C=O) groups is 1. The summed E-state index contributed by atoms with van der Waals surface area (Å²) in [7, 11) is 0. The summed E-state index contributed by atoms with van der Waals surface area (Å²) >= 11 is 1.74. The van der Waals surface area contributed by atoms with E-state index in [0.29, 0.717) is 29.6 Å². The van der Waals surface area contributed by atoms with Crippen LogP contribution in [0.2, 0.25) is 0 Å². The quantitative estimate of drug-likeness (QED) is 0.232. The minimum atomic E-state index is -2.78. The minimum absolute atomic E-state index is 0.117. The van der Waals surface area contributed by atoms with Crippen molar-refractivity contribution >= 4 is 34.0 Å². The normalized spacial score (nSPS) is 19.5. The maximum atomic E-state index is 13.4. The highest BCUT2D eigenvalue weighted by atomic mass is 32.1. The van der Waals surface area contributed by atoms with E-state index < -0.39 is 12.6 Å². The lowest BCUT2D eigenvalue weighted by Gasteiger charge is -2.36. The van der Waals surface area contributed by atoms with Crippen LogP contribution in [0.3, 0.4) is 0 Å². The van der Waals surface area contributed by atoms with Crippen LogP contribution >= 0.6 is 11.3 Å². The van der Waals surface area contributed by atoms with Gasteiger partial charge in [0.25, 0.3) is 0 Å². The van der Waals surface area contributed by atoms with Crippen LogP contribution in [0.1, 0.15) is 77.2 Å². The summed E-state index contributed by atoms with van der Waals surface area (Å²) in [5.41, 5.74) is 6.03. The summed E-state index contributed by atoms with van der Waals surface area (Å²) in [5, 5.41) is 9.00.